The van der Waals surface area contributed by atoms with E-state index in [0.717, 1.165) is 12.0 Å². The number of hydrogen-bond acceptors (Lipinski definition) is 3. The first-order chi connectivity index (χ1) is 10.1. The highest BCUT2D eigenvalue weighted by atomic mass is 16.5. The summed E-state index contributed by atoms with van der Waals surface area (Å²) in [5.41, 5.74) is 2.68. The summed E-state index contributed by atoms with van der Waals surface area (Å²) in [4.78, 5) is 12.3. The van der Waals surface area contributed by atoms with Gasteiger partial charge in [0.1, 0.15) is 5.75 Å². The molecular formula is C18H20O3. The maximum atomic E-state index is 12.3. The summed E-state index contributed by atoms with van der Waals surface area (Å²) >= 11 is 0. The Bertz CT molecular complexity index is 585. The van der Waals surface area contributed by atoms with Gasteiger partial charge in [-0.2, -0.15) is 0 Å². The predicted octanol–water partition coefficient (Wildman–Crippen LogP) is 3.39. The number of Topliss-reactive ketones (excluding diaryl/α,β-unsaturated/α-hetero) is 1. The number of rotatable bonds is 6. The molecule has 3 nitrogen and oxygen atoms in total. The minimum atomic E-state index is -0.544. The minimum absolute atomic E-state index is 0.00145. The molecule has 110 valence electrons. The van der Waals surface area contributed by atoms with Crippen LogP contribution < -0.4 is 4.74 Å². The number of aliphatic hydroxyl groups excluding tert-OH is 1. The van der Waals surface area contributed by atoms with Crippen molar-refractivity contribution in [3.05, 3.63) is 65.2 Å². The van der Waals surface area contributed by atoms with Gasteiger partial charge >= 0.3 is 0 Å². The number of aryl methyl sites for hydroxylation is 1. The second-order valence-electron chi connectivity index (χ2n) is 4.98. The number of benzene rings is 2. The fraction of sp³-hybridized carbons (Fsp3) is 0.278. The van der Waals surface area contributed by atoms with E-state index >= 15 is 0 Å². The van der Waals surface area contributed by atoms with E-state index in [1.54, 1.807) is 31.2 Å². The van der Waals surface area contributed by atoms with Gasteiger partial charge in [0.05, 0.1) is 6.61 Å². The summed E-state index contributed by atoms with van der Waals surface area (Å²) in [6.07, 6.45) is 0.412. The Morgan fingerprint density at radius 3 is 2.14 bits per heavy atom. The van der Waals surface area contributed by atoms with E-state index in [1.807, 2.05) is 24.3 Å². The van der Waals surface area contributed by atoms with Crippen LogP contribution in [0.2, 0.25) is 0 Å². The molecule has 0 aliphatic rings. The van der Waals surface area contributed by atoms with Crippen LogP contribution in [0.4, 0.5) is 0 Å². The molecule has 0 amide bonds. The van der Waals surface area contributed by atoms with Gasteiger partial charge in [-0.15, -0.1) is 0 Å². The molecule has 0 spiro atoms. The summed E-state index contributed by atoms with van der Waals surface area (Å²) < 4.78 is 5.66. The molecule has 2 aromatic carbocycles. The average molecular weight is 284 g/mol. The predicted molar refractivity (Wildman–Crippen MR) is 82.6 cm³/mol. The molecule has 2 aromatic rings. The highest BCUT2D eigenvalue weighted by Gasteiger charge is 2.16. The van der Waals surface area contributed by atoms with Crippen molar-refractivity contribution in [2.24, 2.45) is 0 Å². The van der Waals surface area contributed by atoms with Gasteiger partial charge < -0.3 is 9.84 Å². The third-order valence-electron chi connectivity index (χ3n) is 3.43. The molecule has 0 bridgehead atoms. The first kappa shape index (κ1) is 15.3. The average Bonchev–Trinajstić information content (AvgIpc) is 2.55. The number of ketones is 1. The summed E-state index contributed by atoms with van der Waals surface area (Å²) in [6, 6.07) is 14.7. The first-order valence-corrected chi connectivity index (χ1v) is 7.13. The lowest BCUT2D eigenvalue weighted by Crippen LogP contribution is -2.23. The van der Waals surface area contributed by atoms with Crippen molar-refractivity contribution in [1.82, 2.24) is 0 Å². The van der Waals surface area contributed by atoms with Crippen LogP contribution >= 0.6 is 0 Å². The third kappa shape index (κ3) is 3.92. The standard InChI is InChI=1S/C18H20O3/c1-3-14-4-8-16(9-5-14)18(20)13(2)21-17-10-6-15(12-19)7-11-17/h4-11,13,19H,3,12H2,1-2H3. The van der Waals surface area contributed by atoms with Gasteiger partial charge in [-0.05, 0) is 36.6 Å². The first-order valence-electron chi connectivity index (χ1n) is 7.13. The van der Waals surface area contributed by atoms with Gasteiger partial charge in [0.2, 0.25) is 5.78 Å². The molecular weight excluding hydrogens is 264 g/mol. The van der Waals surface area contributed by atoms with E-state index in [0.29, 0.717) is 11.3 Å². The normalized spacial score (nSPS) is 12.0. The highest BCUT2D eigenvalue weighted by Crippen LogP contribution is 2.16. The van der Waals surface area contributed by atoms with Crippen LogP contribution in [0.25, 0.3) is 0 Å². The topological polar surface area (TPSA) is 46.5 Å². The van der Waals surface area contributed by atoms with Gasteiger partial charge in [0.25, 0.3) is 0 Å². The van der Waals surface area contributed by atoms with Gasteiger partial charge in [-0.1, -0.05) is 43.3 Å². The Hall–Kier alpha value is -2.13. The van der Waals surface area contributed by atoms with Crippen LogP contribution in [-0.4, -0.2) is 17.0 Å². The van der Waals surface area contributed by atoms with Crippen molar-refractivity contribution in [3.63, 3.8) is 0 Å². The summed E-state index contributed by atoms with van der Waals surface area (Å²) in [5, 5.41) is 9.00. The Balaban J connectivity index is 2.03. The zero-order chi connectivity index (χ0) is 15.2. The van der Waals surface area contributed by atoms with Gasteiger partial charge in [-0.25, -0.2) is 0 Å². The lowest BCUT2D eigenvalue weighted by Gasteiger charge is -2.14. The number of aliphatic hydroxyl groups is 1. The molecule has 0 saturated carbocycles. The lowest BCUT2D eigenvalue weighted by atomic mass is 10.0. The fourth-order valence-electron chi connectivity index (χ4n) is 2.07. The van der Waals surface area contributed by atoms with E-state index in [-0.39, 0.29) is 12.4 Å². The molecule has 0 aliphatic heterocycles. The van der Waals surface area contributed by atoms with Crippen LogP contribution in [0.15, 0.2) is 48.5 Å². The van der Waals surface area contributed by atoms with Crippen molar-refractivity contribution in [2.45, 2.75) is 33.0 Å². The number of carbonyl (C=O) groups excluding carboxylic acids is 1. The molecule has 21 heavy (non-hydrogen) atoms. The fourth-order valence-corrected chi connectivity index (χ4v) is 2.07. The van der Waals surface area contributed by atoms with Gasteiger partial charge in [-0.3, -0.25) is 4.79 Å². The zero-order valence-corrected chi connectivity index (χ0v) is 12.4. The Labute approximate surface area is 125 Å². The summed E-state index contributed by atoms with van der Waals surface area (Å²) in [7, 11) is 0. The minimum Gasteiger partial charge on any atom is -0.483 e. The Morgan fingerprint density at radius 1 is 1.05 bits per heavy atom. The van der Waals surface area contributed by atoms with Crippen LogP contribution in [0.1, 0.15) is 35.3 Å². The van der Waals surface area contributed by atoms with E-state index in [4.69, 9.17) is 9.84 Å². The Morgan fingerprint density at radius 2 is 1.62 bits per heavy atom. The van der Waals surface area contributed by atoms with Crippen LogP contribution in [0.3, 0.4) is 0 Å². The molecule has 3 heteroatoms. The zero-order valence-electron chi connectivity index (χ0n) is 12.4. The van der Waals surface area contributed by atoms with E-state index < -0.39 is 6.10 Å². The second kappa shape index (κ2) is 7.04. The largest absolute Gasteiger partial charge is 0.483 e. The maximum Gasteiger partial charge on any atom is 0.202 e. The quantitative estimate of drug-likeness (QED) is 0.827. The smallest absolute Gasteiger partial charge is 0.202 e. The molecule has 1 N–H and O–H groups in total. The molecule has 0 saturated heterocycles. The Kier molecular flexibility index (Phi) is 5.12. The number of carbonyl (C=O) groups is 1. The summed E-state index contributed by atoms with van der Waals surface area (Å²) in [5.74, 6) is 0.585. The van der Waals surface area contributed by atoms with Crippen molar-refractivity contribution in [2.75, 3.05) is 0 Å². The van der Waals surface area contributed by atoms with E-state index in [1.165, 1.54) is 5.56 Å². The van der Waals surface area contributed by atoms with Crippen molar-refractivity contribution < 1.29 is 14.6 Å². The third-order valence-corrected chi connectivity index (χ3v) is 3.43. The molecule has 0 aliphatic carbocycles. The van der Waals surface area contributed by atoms with Crippen LogP contribution in [-0.2, 0) is 13.0 Å². The maximum absolute atomic E-state index is 12.3. The molecule has 2 rings (SSSR count). The van der Waals surface area contributed by atoms with Crippen LogP contribution in [0, 0.1) is 0 Å². The van der Waals surface area contributed by atoms with Crippen LogP contribution in [0.5, 0.6) is 5.75 Å². The molecule has 1 unspecified atom stereocenters. The van der Waals surface area contributed by atoms with E-state index in [2.05, 4.69) is 6.92 Å². The molecule has 0 fully saturated rings. The van der Waals surface area contributed by atoms with Gasteiger partial charge in [0, 0.05) is 5.56 Å². The second-order valence-corrected chi connectivity index (χ2v) is 4.98. The number of hydrogen-bond donors (Lipinski definition) is 1. The molecule has 0 aromatic heterocycles. The van der Waals surface area contributed by atoms with Crippen molar-refractivity contribution in [1.29, 1.82) is 0 Å². The highest BCUT2D eigenvalue weighted by molar-refractivity contribution is 5.99. The SMILES string of the molecule is CCc1ccc(C(=O)C(C)Oc2ccc(CO)cc2)cc1. The van der Waals surface area contributed by atoms with Gasteiger partial charge in [0.15, 0.2) is 6.10 Å². The summed E-state index contributed by atoms with van der Waals surface area (Å²) in [6.45, 7) is 3.83. The molecule has 1 atom stereocenters. The molecule has 0 radical (unpaired) electrons. The molecule has 0 heterocycles. The monoisotopic (exact) mass is 284 g/mol. The van der Waals surface area contributed by atoms with E-state index in [9.17, 15) is 4.79 Å². The van der Waals surface area contributed by atoms with Crippen molar-refractivity contribution in [3.8, 4) is 5.75 Å². The van der Waals surface area contributed by atoms with Crippen molar-refractivity contribution >= 4 is 5.78 Å². The lowest BCUT2D eigenvalue weighted by molar-refractivity contribution is 0.0818. The number of ether oxygens (including phenoxy) is 1.